The maximum absolute atomic E-state index is 13.5. The van der Waals surface area contributed by atoms with Crippen molar-refractivity contribution in [1.82, 2.24) is 10.2 Å². The van der Waals surface area contributed by atoms with Crippen LogP contribution in [-0.4, -0.2) is 43.0 Å². The van der Waals surface area contributed by atoms with Crippen molar-refractivity contribution in [2.24, 2.45) is 0 Å². The van der Waals surface area contributed by atoms with Crippen LogP contribution in [-0.2, 0) is 5.54 Å². The van der Waals surface area contributed by atoms with Gasteiger partial charge in [0, 0.05) is 41.3 Å². The fraction of sp³-hybridized carbons (Fsp3) is 0.393. The van der Waals surface area contributed by atoms with E-state index in [-0.39, 0.29) is 11.4 Å². The number of likely N-dealkylation sites (N-methyl/N-ethyl adjacent to an activating group) is 1. The predicted octanol–water partition coefficient (Wildman–Crippen LogP) is 5.43. The second kappa shape index (κ2) is 8.00. The van der Waals surface area contributed by atoms with Gasteiger partial charge in [-0.1, -0.05) is 30.3 Å². The Morgan fingerprint density at radius 3 is 2.52 bits per heavy atom. The molecular formula is C28H31N3OS. The average molecular weight is 458 g/mol. The third kappa shape index (κ3) is 3.77. The van der Waals surface area contributed by atoms with Gasteiger partial charge in [0.2, 0.25) is 0 Å². The molecule has 2 unspecified atom stereocenters. The molecular weight excluding hydrogens is 426 g/mol. The molecule has 2 bridgehead atoms. The monoisotopic (exact) mass is 457 g/mol. The highest BCUT2D eigenvalue weighted by atomic mass is 32.1. The number of anilines is 1. The van der Waals surface area contributed by atoms with Crippen molar-refractivity contribution in [3.8, 4) is 10.4 Å². The van der Waals surface area contributed by atoms with Crippen molar-refractivity contribution in [3.05, 3.63) is 76.7 Å². The van der Waals surface area contributed by atoms with Gasteiger partial charge >= 0.3 is 0 Å². The first kappa shape index (κ1) is 20.9. The second-order valence-corrected chi connectivity index (χ2v) is 11.0. The SMILES string of the molecule is Cc1ccc(N2CC3CCC(C2)N3C)cc1C(=O)NC1(c2cccc(-c3cccs3)c2)CC1. The number of aryl methyl sites for hydroxylation is 1. The van der Waals surface area contributed by atoms with Crippen LogP contribution in [0.25, 0.3) is 10.4 Å². The molecule has 3 aromatic rings. The first-order valence-corrected chi connectivity index (χ1v) is 12.9. The van der Waals surface area contributed by atoms with E-state index in [0.717, 1.165) is 37.1 Å². The van der Waals surface area contributed by atoms with Gasteiger partial charge in [0.25, 0.3) is 5.91 Å². The summed E-state index contributed by atoms with van der Waals surface area (Å²) in [6.07, 6.45) is 4.55. The number of piperazine rings is 1. The lowest BCUT2D eigenvalue weighted by atomic mass is 9.99. The van der Waals surface area contributed by atoms with Gasteiger partial charge in [-0.25, -0.2) is 0 Å². The minimum atomic E-state index is -0.236. The lowest BCUT2D eigenvalue weighted by Gasteiger charge is -2.40. The van der Waals surface area contributed by atoms with E-state index in [4.69, 9.17) is 0 Å². The number of fused-ring (bicyclic) bond motifs is 2. The molecule has 1 N–H and O–H groups in total. The summed E-state index contributed by atoms with van der Waals surface area (Å²) in [6.45, 7) is 4.15. The van der Waals surface area contributed by atoms with Crippen LogP contribution in [0.1, 0.15) is 47.2 Å². The minimum Gasteiger partial charge on any atom is -0.368 e. The van der Waals surface area contributed by atoms with Crippen LogP contribution >= 0.6 is 11.3 Å². The zero-order valence-corrected chi connectivity index (χ0v) is 20.2. The molecule has 2 aliphatic heterocycles. The minimum absolute atomic E-state index is 0.0467. The second-order valence-electron chi connectivity index (χ2n) is 10.0. The summed E-state index contributed by atoms with van der Waals surface area (Å²) < 4.78 is 0. The molecule has 0 radical (unpaired) electrons. The van der Waals surface area contributed by atoms with Gasteiger partial charge in [-0.3, -0.25) is 9.69 Å². The van der Waals surface area contributed by atoms with Crippen molar-refractivity contribution in [3.63, 3.8) is 0 Å². The van der Waals surface area contributed by atoms with Gasteiger partial charge in [0.05, 0.1) is 5.54 Å². The summed E-state index contributed by atoms with van der Waals surface area (Å²) in [5.41, 5.74) is 5.23. The van der Waals surface area contributed by atoms with Gasteiger partial charge in [0.15, 0.2) is 0 Å². The number of thiophene rings is 1. The topological polar surface area (TPSA) is 35.6 Å². The molecule has 2 aromatic carbocycles. The number of hydrogen-bond donors (Lipinski definition) is 1. The molecule has 1 saturated carbocycles. The standard InChI is InChI=1S/C28H31N3OS/c1-19-8-9-22(31-17-23-10-11-24(18-31)30(23)2)16-25(19)27(32)29-28(12-13-28)21-6-3-5-20(15-21)26-7-4-14-33-26/h3-9,14-16,23-24H,10-13,17-18H2,1-2H3,(H,29,32). The predicted molar refractivity (Wildman–Crippen MR) is 136 cm³/mol. The first-order chi connectivity index (χ1) is 16.0. The van der Waals surface area contributed by atoms with E-state index in [1.54, 1.807) is 11.3 Å². The quantitative estimate of drug-likeness (QED) is 0.555. The molecule has 6 rings (SSSR count). The lowest BCUT2D eigenvalue weighted by Crippen LogP contribution is -2.52. The number of carbonyl (C=O) groups excluding carboxylic acids is 1. The van der Waals surface area contributed by atoms with E-state index in [0.29, 0.717) is 12.1 Å². The molecule has 4 nitrogen and oxygen atoms in total. The largest absolute Gasteiger partial charge is 0.368 e. The molecule has 3 aliphatic rings. The average Bonchev–Trinajstić information content (AvgIpc) is 3.34. The summed E-state index contributed by atoms with van der Waals surface area (Å²) in [7, 11) is 2.26. The van der Waals surface area contributed by atoms with Gasteiger partial charge in [-0.05, 0) is 86.0 Å². The Bertz CT molecular complexity index is 1170. The van der Waals surface area contributed by atoms with Crippen LogP contribution < -0.4 is 10.2 Å². The number of nitrogens with zero attached hydrogens (tertiary/aromatic N) is 2. The van der Waals surface area contributed by atoms with Crippen LogP contribution in [0.2, 0.25) is 0 Å². The van der Waals surface area contributed by atoms with Crippen LogP contribution in [0.15, 0.2) is 60.0 Å². The molecule has 2 atom stereocenters. The Balaban J connectivity index is 1.23. The third-order valence-electron chi connectivity index (χ3n) is 8.00. The molecule has 1 aromatic heterocycles. The van der Waals surface area contributed by atoms with Gasteiger partial charge in [-0.2, -0.15) is 0 Å². The smallest absolute Gasteiger partial charge is 0.252 e. The van der Waals surface area contributed by atoms with E-state index in [1.165, 1.54) is 34.5 Å². The van der Waals surface area contributed by atoms with Gasteiger partial charge in [-0.15, -0.1) is 11.3 Å². The zero-order valence-electron chi connectivity index (χ0n) is 19.4. The van der Waals surface area contributed by atoms with Crippen molar-refractivity contribution >= 4 is 22.9 Å². The molecule has 3 fully saturated rings. The van der Waals surface area contributed by atoms with Crippen LogP contribution in [0.3, 0.4) is 0 Å². The Labute approximate surface area is 200 Å². The lowest BCUT2D eigenvalue weighted by molar-refractivity contribution is 0.0930. The Hall–Kier alpha value is -2.63. The van der Waals surface area contributed by atoms with Crippen LogP contribution in [0.4, 0.5) is 5.69 Å². The molecule has 1 aliphatic carbocycles. The molecule has 0 spiro atoms. The summed E-state index contributed by atoms with van der Waals surface area (Å²) in [5, 5.41) is 5.53. The van der Waals surface area contributed by atoms with Crippen molar-refractivity contribution in [2.45, 2.75) is 50.2 Å². The van der Waals surface area contributed by atoms with Gasteiger partial charge < -0.3 is 10.2 Å². The Morgan fingerprint density at radius 1 is 1.03 bits per heavy atom. The zero-order chi connectivity index (χ0) is 22.6. The molecule has 1 amide bonds. The van der Waals surface area contributed by atoms with Crippen LogP contribution in [0, 0.1) is 6.92 Å². The molecule has 5 heteroatoms. The third-order valence-corrected chi connectivity index (χ3v) is 8.92. The van der Waals surface area contributed by atoms with Crippen molar-refractivity contribution in [1.29, 1.82) is 0 Å². The molecule has 3 heterocycles. The number of nitrogens with one attached hydrogen (secondary N) is 1. The number of hydrogen-bond acceptors (Lipinski definition) is 4. The van der Waals surface area contributed by atoms with E-state index in [1.807, 2.05) is 6.92 Å². The highest BCUT2D eigenvalue weighted by Crippen LogP contribution is 2.47. The summed E-state index contributed by atoms with van der Waals surface area (Å²) in [4.78, 5) is 19.8. The number of carbonyl (C=O) groups is 1. The summed E-state index contributed by atoms with van der Waals surface area (Å²) >= 11 is 1.75. The number of benzene rings is 2. The fourth-order valence-electron chi connectivity index (χ4n) is 5.68. The van der Waals surface area contributed by atoms with E-state index in [2.05, 4.69) is 82.1 Å². The highest BCUT2D eigenvalue weighted by Gasteiger charge is 2.46. The van der Waals surface area contributed by atoms with Crippen LogP contribution in [0.5, 0.6) is 0 Å². The van der Waals surface area contributed by atoms with Crippen molar-refractivity contribution < 1.29 is 4.79 Å². The maximum Gasteiger partial charge on any atom is 0.252 e. The molecule has 170 valence electrons. The number of rotatable bonds is 5. The Kier molecular flexibility index (Phi) is 5.07. The molecule has 2 saturated heterocycles. The summed E-state index contributed by atoms with van der Waals surface area (Å²) in [6, 6.07) is 20.6. The fourth-order valence-corrected chi connectivity index (χ4v) is 6.41. The number of amides is 1. The van der Waals surface area contributed by atoms with Crippen molar-refractivity contribution in [2.75, 3.05) is 25.0 Å². The Morgan fingerprint density at radius 2 is 1.82 bits per heavy atom. The maximum atomic E-state index is 13.5. The van der Waals surface area contributed by atoms with E-state index >= 15 is 0 Å². The van der Waals surface area contributed by atoms with E-state index < -0.39 is 0 Å². The first-order valence-electron chi connectivity index (χ1n) is 12.1. The highest BCUT2D eigenvalue weighted by molar-refractivity contribution is 7.13. The summed E-state index contributed by atoms with van der Waals surface area (Å²) in [5.74, 6) is 0.0467. The molecule has 33 heavy (non-hydrogen) atoms. The van der Waals surface area contributed by atoms with Gasteiger partial charge in [0.1, 0.15) is 0 Å². The van der Waals surface area contributed by atoms with E-state index in [9.17, 15) is 4.79 Å². The normalized spacial score (nSPS) is 23.5.